The predicted octanol–water partition coefficient (Wildman–Crippen LogP) is 22.0. The Morgan fingerprint density at radius 2 is 0.762 bits per heavy atom. The van der Waals surface area contributed by atoms with E-state index in [2.05, 4.69) is 137 Å². The fourth-order valence-electron chi connectivity index (χ4n) is 11.9. The first-order valence-electron chi connectivity index (χ1n) is 30.1. The van der Waals surface area contributed by atoms with Crippen LogP contribution < -0.4 is 4.65 Å². The SMILES string of the molecule is CCCCCC1CCC(c2ccc(-c3ccc(-c4ccc(-c5ccc(CC)cc5)cc4)c(F)c3)cc2)CC1.CCCCCC1CCC(c2ccc(-c3ccc(I)c(F)c3)cc2)CC1.CCc1ccc(-c2ccc(O[B]O)cc2)cc1. The van der Waals surface area contributed by atoms with E-state index in [1.54, 1.807) is 12.1 Å². The molecule has 10 rings (SSSR count). The number of halogens is 3. The summed E-state index contributed by atoms with van der Waals surface area (Å²) >= 11 is 2.03. The van der Waals surface area contributed by atoms with Crippen molar-refractivity contribution in [1.29, 1.82) is 0 Å². The van der Waals surface area contributed by atoms with Crippen molar-refractivity contribution in [3.63, 3.8) is 0 Å². The Morgan fingerprint density at radius 1 is 0.412 bits per heavy atom. The topological polar surface area (TPSA) is 29.5 Å². The van der Waals surface area contributed by atoms with E-state index in [1.807, 2.05) is 83.3 Å². The number of rotatable bonds is 19. The first kappa shape index (κ1) is 60.3. The van der Waals surface area contributed by atoms with Gasteiger partial charge in [0.25, 0.3) is 0 Å². The van der Waals surface area contributed by atoms with Gasteiger partial charge in [0.05, 0.1) is 0 Å². The van der Waals surface area contributed by atoms with Crippen molar-refractivity contribution in [2.45, 2.75) is 155 Å². The molecule has 80 heavy (non-hydrogen) atoms. The van der Waals surface area contributed by atoms with Gasteiger partial charge in [-0.15, -0.1) is 0 Å². The zero-order valence-electron chi connectivity index (χ0n) is 47.9. The maximum atomic E-state index is 15.2. The largest absolute Gasteiger partial charge is 0.569 e. The molecular formula is C74H83BF2IO2. The van der Waals surface area contributed by atoms with Crippen LogP contribution in [0.4, 0.5) is 8.78 Å². The molecule has 0 heterocycles. The Morgan fingerprint density at radius 3 is 1.15 bits per heavy atom. The maximum absolute atomic E-state index is 15.2. The molecule has 8 aromatic rings. The van der Waals surface area contributed by atoms with Crippen LogP contribution in [0.15, 0.2) is 182 Å². The van der Waals surface area contributed by atoms with Crippen LogP contribution in [-0.4, -0.2) is 12.7 Å². The summed E-state index contributed by atoms with van der Waals surface area (Å²) in [5, 5.41) is 8.52. The lowest BCUT2D eigenvalue weighted by molar-refractivity contribution is 0.303. The summed E-state index contributed by atoms with van der Waals surface area (Å²) in [6.45, 7) is 8.88. The highest BCUT2D eigenvalue weighted by Crippen LogP contribution is 2.40. The minimum Gasteiger partial charge on any atom is -0.537 e. The molecule has 1 radical (unpaired) electrons. The van der Waals surface area contributed by atoms with Crippen molar-refractivity contribution in [2.24, 2.45) is 11.8 Å². The summed E-state index contributed by atoms with van der Waals surface area (Å²) in [7, 11) is 0.686. The Kier molecular flexibility index (Phi) is 23.7. The molecule has 1 N–H and O–H groups in total. The van der Waals surface area contributed by atoms with Gasteiger partial charge in [0.15, 0.2) is 0 Å². The second kappa shape index (κ2) is 31.4. The van der Waals surface area contributed by atoms with Gasteiger partial charge in [-0.25, -0.2) is 8.78 Å². The molecule has 0 aromatic heterocycles. The van der Waals surface area contributed by atoms with Crippen LogP contribution in [0.2, 0.25) is 0 Å². The number of aryl methyl sites for hydroxylation is 2. The number of hydrogen-bond acceptors (Lipinski definition) is 2. The van der Waals surface area contributed by atoms with Gasteiger partial charge in [-0.2, -0.15) is 0 Å². The van der Waals surface area contributed by atoms with E-state index in [0.717, 1.165) is 63.6 Å². The monoisotopic (exact) mass is 1180 g/mol. The normalized spacial score (nSPS) is 16.9. The number of hydrogen-bond donors (Lipinski definition) is 1. The van der Waals surface area contributed by atoms with Crippen LogP contribution in [0.3, 0.4) is 0 Å². The van der Waals surface area contributed by atoms with Gasteiger partial charge in [0.2, 0.25) is 0 Å². The fourth-order valence-corrected chi connectivity index (χ4v) is 12.3. The quantitative estimate of drug-likeness (QED) is 0.0497. The average Bonchev–Trinajstić information content (AvgIpc) is 3.51. The lowest BCUT2D eigenvalue weighted by Crippen LogP contribution is -2.13. The molecule has 2 saturated carbocycles. The molecule has 6 heteroatoms. The van der Waals surface area contributed by atoms with Crippen LogP contribution in [0.5, 0.6) is 5.75 Å². The van der Waals surface area contributed by atoms with Crippen LogP contribution in [0, 0.1) is 27.0 Å². The van der Waals surface area contributed by atoms with E-state index in [0.29, 0.717) is 34.4 Å². The van der Waals surface area contributed by atoms with E-state index in [4.69, 9.17) is 9.68 Å². The highest BCUT2D eigenvalue weighted by Gasteiger charge is 2.24. The third-order valence-electron chi connectivity index (χ3n) is 17.1. The average molecular weight is 1180 g/mol. The third kappa shape index (κ3) is 17.3. The zero-order valence-corrected chi connectivity index (χ0v) is 50.1. The van der Waals surface area contributed by atoms with Crippen molar-refractivity contribution < 1.29 is 18.5 Å². The molecule has 0 atom stereocenters. The molecular weight excluding hydrogens is 1100 g/mol. The lowest BCUT2D eigenvalue weighted by atomic mass is 9.77. The molecule has 2 fully saturated rings. The molecule has 2 aliphatic carbocycles. The standard InChI is InChI=1S/C37H41F.C23H28FI.C14H14BO2/c1-3-5-6-7-28-10-14-30(15-11-28)31-16-18-33(19-17-31)35-24-25-36(37(38)26-35)34-22-20-32(21-23-34)29-12-8-27(4-2)9-13-29;1-2-3-4-5-17-6-8-18(9-7-17)19-10-12-20(13-11-19)21-14-15-23(25)22(24)16-21;1-2-11-3-5-12(6-4-11)13-7-9-14(10-8-13)17-15-16/h8-9,12-13,16-26,28,30H,3-7,10-11,14-15H2,1-2H3;10-18H,2-9H2,1H3;3-10,16H,2H2,1H3. The zero-order chi connectivity index (χ0) is 56.1. The van der Waals surface area contributed by atoms with Crippen LogP contribution in [0.1, 0.15) is 165 Å². The van der Waals surface area contributed by atoms with Crippen molar-refractivity contribution >= 4 is 30.3 Å². The molecule has 2 aliphatic rings. The molecule has 8 aromatic carbocycles. The Balaban J connectivity index is 0.000000172. The van der Waals surface area contributed by atoms with Crippen molar-refractivity contribution in [1.82, 2.24) is 0 Å². The number of benzene rings is 8. The molecule has 0 amide bonds. The second-order valence-electron chi connectivity index (χ2n) is 22.4. The van der Waals surface area contributed by atoms with Crippen molar-refractivity contribution in [3.05, 3.63) is 219 Å². The first-order chi connectivity index (χ1) is 39.1. The summed E-state index contributed by atoms with van der Waals surface area (Å²) in [5.74, 6) is 3.60. The summed E-state index contributed by atoms with van der Waals surface area (Å²) in [4.78, 5) is 0. The van der Waals surface area contributed by atoms with Gasteiger partial charge in [-0.1, -0.05) is 231 Å². The van der Waals surface area contributed by atoms with E-state index in [1.165, 1.54) is 136 Å². The van der Waals surface area contributed by atoms with Crippen molar-refractivity contribution in [3.8, 4) is 61.4 Å². The first-order valence-corrected chi connectivity index (χ1v) is 31.2. The highest BCUT2D eigenvalue weighted by atomic mass is 127. The van der Waals surface area contributed by atoms with Gasteiger partial charge in [0, 0.05) is 9.13 Å². The van der Waals surface area contributed by atoms with E-state index in [-0.39, 0.29) is 11.6 Å². The minimum absolute atomic E-state index is 0.136. The molecule has 415 valence electrons. The lowest BCUT2D eigenvalue weighted by Gasteiger charge is -2.29. The van der Waals surface area contributed by atoms with Gasteiger partial charge in [0.1, 0.15) is 17.4 Å². The minimum atomic E-state index is -0.173. The van der Waals surface area contributed by atoms with E-state index < -0.39 is 0 Å². The van der Waals surface area contributed by atoms with Gasteiger partial charge < -0.3 is 9.68 Å². The molecule has 0 aliphatic heterocycles. The van der Waals surface area contributed by atoms with E-state index in [9.17, 15) is 4.39 Å². The fraction of sp³-hybridized carbons (Fsp3) is 0.351. The van der Waals surface area contributed by atoms with Gasteiger partial charge >= 0.3 is 7.69 Å². The Labute approximate surface area is 493 Å². The van der Waals surface area contributed by atoms with E-state index >= 15 is 4.39 Å². The second-order valence-corrected chi connectivity index (χ2v) is 23.6. The summed E-state index contributed by atoms with van der Waals surface area (Å²) in [6.07, 6.45) is 23.9. The summed E-state index contributed by atoms with van der Waals surface area (Å²) < 4.78 is 34.6. The molecule has 0 saturated heterocycles. The van der Waals surface area contributed by atoms with Crippen LogP contribution >= 0.6 is 22.6 Å². The molecule has 2 nitrogen and oxygen atoms in total. The maximum Gasteiger partial charge on any atom is 0.569 e. The third-order valence-corrected chi connectivity index (χ3v) is 17.9. The van der Waals surface area contributed by atoms with Gasteiger partial charge in [-0.05, 0) is 213 Å². The molecule has 0 bridgehead atoms. The van der Waals surface area contributed by atoms with Crippen LogP contribution in [0.25, 0.3) is 55.6 Å². The molecule has 0 unspecified atom stereocenters. The van der Waals surface area contributed by atoms with Crippen molar-refractivity contribution in [2.75, 3.05) is 0 Å². The van der Waals surface area contributed by atoms with Crippen LogP contribution in [-0.2, 0) is 12.8 Å². The smallest absolute Gasteiger partial charge is 0.537 e. The van der Waals surface area contributed by atoms with Gasteiger partial charge in [-0.3, -0.25) is 0 Å². The highest BCUT2D eigenvalue weighted by molar-refractivity contribution is 14.1. The summed E-state index contributed by atoms with van der Waals surface area (Å²) in [5.41, 5.74) is 15.9. The number of unbranched alkanes of at least 4 members (excludes halogenated alkanes) is 4. The molecule has 0 spiro atoms. The Hall–Kier alpha value is -5.83. The predicted molar refractivity (Wildman–Crippen MR) is 344 cm³/mol. The summed E-state index contributed by atoms with van der Waals surface area (Å²) in [6, 6.07) is 61.9. The Bertz CT molecular complexity index is 3070.